The van der Waals surface area contributed by atoms with E-state index >= 15 is 0 Å². The van der Waals surface area contributed by atoms with Gasteiger partial charge >= 0.3 is 0 Å². The molecule has 1 amide bonds. The van der Waals surface area contributed by atoms with Crippen LogP contribution in [0.3, 0.4) is 0 Å². The molecule has 3 fully saturated rings. The van der Waals surface area contributed by atoms with Crippen molar-refractivity contribution in [3.8, 4) is 0 Å². The summed E-state index contributed by atoms with van der Waals surface area (Å²) in [6.45, 7) is 5.51. The quantitative estimate of drug-likeness (QED) is 0.828. The fourth-order valence-corrected chi connectivity index (χ4v) is 6.65. The van der Waals surface area contributed by atoms with Crippen molar-refractivity contribution in [2.45, 2.75) is 32.2 Å². The molecule has 138 valence electrons. The molecule has 0 bridgehead atoms. The van der Waals surface area contributed by atoms with Crippen LogP contribution in [0.4, 0.5) is 0 Å². The molecule has 5 heteroatoms. The van der Waals surface area contributed by atoms with Gasteiger partial charge in [0.25, 0.3) is 0 Å². The summed E-state index contributed by atoms with van der Waals surface area (Å²) in [4.78, 5) is 19.9. The molecule has 4 nitrogen and oxygen atoms in total. The van der Waals surface area contributed by atoms with Gasteiger partial charge in [-0.2, -0.15) is 11.3 Å². The zero-order valence-electron chi connectivity index (χ0n) is 15.8. The molecule has 25 heavy (non-hydrogen) atoms. The first-order valence-electron chi connectivity index (χ1n) is 9.59. The van der Waals surface area contributed by atoms with E-state index in [1.54, 1.807) is 11.3 Å². The van der Waals surface area contributed by atoms with Crippen molar-refractivity contribution in [2.75, 3.05) is 47.3 Å². The lowest BCUT2D eigenvalue weighted by Crippen LogP contribution is -2.48. The van der Waals surface area contributed by atoms with E-state index in [1.807, 2.05) is 19.0 Å². The third kappa shape index (κ3) is 2.84. The van der Waals surface area contributed by atoms with Crippen LogP contribution in [0.5, 0.6) is 0 Å². The zero-order valence-corrected chi connectivity index (χ0v) is 16.6. The lowest BCUT2D eigenvalue weighted by molar-refractivity contribution is -0.141. The van der Waals surface area contributed by atoms with Crippen LogP contribution in [0.1, 0.15) is 31.2 Å². The third-order valence-corrected chi connectivity index (χ3v) is 7.92. The van der Waals surface area contributed by atoms with Gasteiger partial charge in [-0.05, 0) is 79.5 Å². The number of hydrogen-bond donors (Lipinski definition) is 0. The number of nitrogens with zero attached hydrogens (tertiary/aromatic N) is 3. The molecule has 0 N–H and O–H groups in total. The Hall–Kier alpha value is -0.910. The largest absolute Gasteiger partial charge is 0.348 e. The van der Waals surface area contributed by atoms with Crippen LogP contribution < -0.4 is 0 Å². The van der Waals surface area contributed by atoms with Crippen molar-refractivity contribution in [3.63, 3.8) is 0 Å². The lowest BCUT2D eigenvalue weighted by atomic mass is 9.65. The smallest absolute Gasteiger partial charge is 0.229 e. The average molecular weight is 362 g/mol. The molecule has 1 saturated carbocycles. The molecule has 1 aromatic heterocycles. The van der Waals surface area contributed by atoms with Gasteiger partial charge in [0.05, 0.1) is 5.41 Å². The van der Waals surface area contributed by atoms with E-state index in [-0.39, 0.29) is 5.41 Å². The highest BCUT2D eigenvalue weighted by molar-refractivity contribution is 7.07. The molecule has 1 spiro atoms. The lowest BCUT2D eigenvalue weighted by Gasteiger charge is -2.44. The Kier molecular flexibility index (Phi) is 4.45. The van der Waals surface area contributed by atoms with Crippen LogP contribution in [-0.4, -0.2) is 67.9 Å². The number of carbonyl (C=O) groups is 1. The number of rotatable bonds is 3. The summed E-state index contributed by atoms with van der Waals surface area (Å²) in [5.74, 6) is 0.919. The fraction of sp³-hybridized carbons (Fsp3) is 0.750. The molecule has 2 saturated heterocycles. The van der Waals surface area contributed by atoms with Crippen LogP contribution in [-0.2, 0) is 11.3 Å². The van der Waals surface area contributed by atoms with Crippen molar-refractivity contribution in [3.05, 3.63) is 22.4 Å². The van der Waals surface area contributed by atoms with Crippen LogP contribution in [0.15, 0.2) is 16.8 Å². The summed E-state index contributed by atoms with van der Waals surface area (Å²) in [5.41, 5.74) is 1.72. The van der Waals surface area contributed by atoms with Crippen molar-refractivity contribution >= 4 is 17.2 Å². The predicted molar refractivity (Wildman–Crippen MR) is 103 cm³/mol. The molecule has 2 atom stereocenters. The van der Waals surface area contributed by atoms with Gasteiger partial charge in [0.2, 0.25) is 5.91 Å². The van der Waals surface area contributed by atoms with Gasteiger partial charge in [-0.1, -0.05) is 0 Å². The van der Waals surface area contributed by atoms with E-state index in [9.17, 15) is 4.79 Å². The van der Waals surface area contributed by atoms with Gasteiger partial charge in [0.1, 0.15) is 0 Å². The number of carbonyl (C=O) groups excluding carboxylic acids is 1. The van der Waals surface area contributed by atoms with Crippen molar-refractivity contribution in [1.82, 2.24) is 14.7 Å². The summed E-state index contributed by atoms with van der Waals surface area (Å²) in [5, 5.41) is 4.44. The summed E-state index contributed by atoms with van der Waals surface area (Å²) in [7, 11) is 6.06. The SMILES string of the molecule is CN1C[C@H]2C3(CCN(Cc4ccsc4)CC3)CC[C@@]2(C(=O)N(C)C)C1. The maximum atomic E-state index is 13.1. The Bertz CT molecular complexity index is 621. The highest BCUT2D eigenvalue weighted by Gasteiger charge is 2.63. The van der Waals surface area contributed by atoms with E-state index < -0.39 is 0 Å². The molecule has 0 radical (unpaired) electrons. The van der Waals surface area contributed by atoms with Gasteiger partial charge in [-0.25, -0.2) is 0 Å². The van der Waals surface area contributed by atoms with Gasteiger partial charge in [-0.15, -0.1) is 0 Å². The molecule has 4 rings (SSSR count). The fourth-order valence-electron chi connectivity index (χ4n) is 5.99. The second-order valence-corrected chi connectivity index (χ2v) is 9.66. The monoisotopic (exact) mass is 361 g/mol. The van der Waals surface area contributed by atoms with Crippen molar-refractivity contribution in [2.24, 2.45) is 16.7 Å². The topological polar surface area (TPSA) is 26.8 Å². The Morgan fingerprint density at radius 2 is 2.04 bits per heavy atom. The van der Waals surface area contributed by atoms with Gasteiger partial charge in [0, 0.05) is 33.7 Å². The first-order chi connectivity index (χ1) is 12.0. The molecule has 1 aliphatic carbocycles. The van der Waals surface area contributed by atoms with Crippen molar-refractivity contribution in [1.29, 1.82) is 0 Å². The molecule has 0 unspecified atom stereocenters. The predicted octanol–water partition coefficient (Wildman–Crippen LogP) is 2.76. The summed E-state index contributed by atoms with van der Waals surface area (Å²) in [6.07, 6.45) is 4.86. The second kappa shape index (κ2) is 6.36. The second-order valence-electron chi connectivity index (χ2n) is 8.88. The number of likely N-dealkylation sites (tertiary alicyclic amines) is 2. The Morgan fingerprint density at radius 1 is 1.28 bits per heavy atom. The van der Waals surface area contributed by atoms with Gasteiger partial charge < -0.3 is 9.80 Å². The minimum absolute atomic E-state index is 0.117. The normalized spacial score (nSPS) is 32.2. The van der Waals surface area contributed by atoms with Crippen LogP contribution in [0.25, 0.3) is 0 Å². The van der Waals surface area contributed by atoms with E-state index in [2.05, 4.69) is 33.7 Å². The first-order valence-corrected chi connectivity index (χ1v) is 10.5. The summed E-state index contributed by atoms with van der Waals surface area (Å²) < 4.78 is 0. The number of amides is 1. The first kappa shape index (κ1) is 17.5. The average Bonchev–Trinajstić information content (AvgIpc) is 3.27. The molecule has 3 heterocycles. The van der Waals surface area contributed by atoms with Crippen LogP contribution >= 0.6 is 11.3 Å². The van der Waals surface area contributed by atoms with Crippen LogP contribution in [0, 0.1) is 16.7 Å². The summed E-state index contributed by atoms with van der Waals surface area (Å²) in [6, 6.07) is 2.25. The summed E-state index contributed by atoms with van der Waals surface area (Å²) >= 11 is 1.79. The molecule has 3 aliphatic rings. The number of piperidine rings is 1. The van der Waals surface area contributed by atoms with E-state index in [0.717, 1.165) is 26.1 Å². The van der Waals surface area contributed by atoms with E-state index in [0.29, 0.717) is 17.2 Å². The van der Waals surface area contributed by atoms with E-state index in [4.69, 9.17) is 0 Å². The Balaban J connectivity index is 1.49. The van der Waals surface area contributed by atoms with Crippen LogP contribution in [0.2, 0.25) is 0 Å². The minimum Gasteiger partial charge on any atom is -0.348 e. The highest BCUT2D eigenvalue weighted by Crippen LogP contribution is 2.62. The zero-order chi connectivity index (χ0) is 17.7. The number of hydrogen-bond acceptors (Lipinski definition) is 4. The number of thiophene rings is 1. The number of fused-ring (bicyclic) bond motifs is 2. The molecule has 1 aromatic rings. The van der Waals surface area contributed by atoms with Gasteiger partial charge in [0.15, 0.2) is 0 Å². The Morgan fingerprint density at radius 3 is 2.68 bits per heavy atom. The molecular formula is C20H31N3OS. The van der Waals surface area contributed by atoms with Gasteiger partial charge in [-0.3, -0.25) is 9.69 Å². The van der Waals surface area contributed by atoms with E-state index in [1.165, 1.54) is 37.9 Å². The Labute approximate surface area is 155 Å². The maximum Gasteiger partial charge on any atom is 0.229 e. The van der Waals surface area contributed by atoms with Crippen molar-refractivity contribution < 1.29 is 4.79 Å². The molecular weight excluding hydrogens is 330 g/mol. The minimum atomic E-state index is -0.117. The molecule has 0 aromatic carbocycles. The standard InChI is InChI=1S/C20H31N3OS/c1-21(2)18(24)20-6-5-19(17(20)13-22(3)15-20)7-9-23(10-8-19)12-16-4-11-25-14-16/h4,11,14,17H,5-10,12-13,15H2,1-3H3/t17-,20+/m0/s1. The molecule has 2 aliphatic heterocycles. The third-order valence-electron chi connectivity index (χ3n) is 7.19. The highest BCUT2D eigenvalue weighted by atomic mass is 32.1. The maximum absolute atomic E-state index is 13.1.